The van der Waals surface area contributed by atoms with Gasteiger partial charge >= 0.3 is 0 Å². The second-order valence-corrected chi connectivity index (χ2v) is 6.91. The molecule has 16 heavy (non-hydrogen) atoms. The summed E-state index contributed by atoms with van der Waals surface area (Å²) in [4.78, 5) is 3.45. The molecule has 0 radical (unpaired) electrons. The molecule has 1 N–H and O–H groups in total. The number of hydrogen-bond acceptors (Lipinski definition) is 3. The highest BCUT2D eigenvalue weighted by molar-refractivity contribution is 7.16. The molecule has 3 rings (SSSR count). The SMILES string of the molecule is OC(c1ccc(Cl)s1)c1cc2c(s1)CCC2. The summed E-state index contributed by atoms with van der Waals surface area (Å²) in [7, 11) is 0. The van der Waals surface area contributed by atoms with Gasteiger partial charge in [-0.3, -0.25) is 0 Å². The summed E-state index contributed by atoms with van der Waals surface area (Å²) in [6.07, 6.45) is 3.12. The molecule has 1 atom stereocenters. The molecule has 2 heterocycles. The summed E-state index contributed by atoms with van der Waals surface area (Å²) in [5, 5.41) is 10.2. The average molecular weight is 271 g/mol. The Balaban J connectivity index is 1.91. The predicted octanol–water partition coefficient (Wildman–Crippen LogP) is 4.03. The number of aliphatic hydroxyl groups is 1. The van der Waals surface area contributed by atoms with Crippen LogP contribution in [0.1, 0.15) is 32.7 Å². The van der Waals surface area contributed by atoms with Crippen LogP contribution >= 0.6 is 34.3 Å². The van der Waals surface area contributed by atoms with Crippen molar-refractivity contribution in [3.8, 4) is 0 Å². The lowest BCUT2D eigenvalue weighted by Gasteiger charge is -2.05. The van der Waals surface area contributed by atoms with E-state index >= 15 is 0 Å². The monoisotopic (exact) mass is 270 g/mol. The number of aliphatic hydroxyl groups excluding tert-OH is 1. The van der Waals surface area contributed by atoms with E-state index in [1.165, 1.54) is 41.0 Å². The molecule has 2 aromatic heterocycles. The zero-order valence-corrected chi connectivity index (χ0v) is 11.0. The molecule has 4 heteroatoms. The molecule has 0 saturated heterocycles. The Morgan fingerprint density at radius 3 is 2.75 bits per heavy atom. The molecular formula is C12H11ClOS2. The molecular weight excluding hydrogens is 260 g/mol. The summed E-state index contributed by atoms with van der Waals surface area (Å²) in [5.74, 6) is 0. The van der Waals surface area contributed by atoms with E-state index in [4.69, 9.17) is 11.6 Å². The van der Waals surface area contributed by atoms with Gasteiger partial charge in [0.2, 0.25) is 0 Å². The van der Waals surface area contributed by atoms with Gasteiger partial charge in [0.25, 0.3) is 0 Å². The van der Waals surface area contributed by atoms with Crippen LogP contribution < -0.4 is 0 Å². The highest BCUT2D eigenvalue weighted by Crippen LogP contribution is 2.38. The number of halogens is 1. The second-order valence-electron chi connectivity index (χ2n) is 4.00. The smallest absolute Gasteiger partial charge is 0.122 e. The van der Waals surface area contributed by atoms with Crippen molar-refractivity contribution in [1.82, 2.24) is 0 Å². The first-order valence-electron chi connectivity index (χ1n) is 5.29. The standard InChI is InChI=1S/C12H11ClOS2/c13-11-5-4-9(16-11)12(14)10-6-7-2-1-3-8(7)15-10/h4-6,12,14H,1-3H2. The molecule has 0 bridgehead atoms. The molecule has 2 aromatic rings. The zero-order chi connectivity index (χ0) is 11.1. The van der Waals surface area contributed by atoms with E-state index in [2.05, 4.69) is 6.07 Å². The van der Waals surface area contributed by atoms with Crippen LogP contribution in [0.15, 0.2) is 18.2 Å². The Morgan fingerprint density at radius 2 is 2.06 bits per heavy atom. The quantitative estimate of drug-likeness (QED) is 0.873. The number of rotatable bonds is 2. The van der Waals surface area contributed by atoms with Gasteiger partial charge in [-0.2, -0.15) is 0 Å². The van der Waals surface area contributed by atoms with Crippen molar-refractivity contribution >= 4 is 34.3 Å². The van der Waals surface area contributed by atoms with Crippen molar-refractivity contribution in [2.75, 3.05) is 0 Å². The molecule has 1 aliphatic carbocycles. The molecule has 84 valence electrons. The first-order chi connectivity index (χ1) is 7.74. The van der Waals surface area contributed by atoms with Gasteiger partial charge in [-0.05, 0) is 43.0 Å². The Morgan fingerprint density at radius 1 is 1.19 bits per heavy atom. The zero-order valence-electron chi connectivity index (χ0n) is 8.57. The molecule has 0 saturated carbocycles. The second kappa shape index (κ2) is 4.15. The number of aryl methyl sites for hydroxylation is 2. The fraction of sp³-hybridized carbons (Fsp3) is 0.333. The largest absolute Gasteiger partial charge is 0.382 e. The molecule has 0 aromatic carbocycles. The van der Waals surface area contributed by atoms with Crippen LogP contribution in [0.25, 0.3) is 0 Å². The maximum absolute atomic E-state index is 10.2. The first kappa shape index (κ1) is 10.8. The minimum absolute atomic E-state index is 0.493. The van der Waals surface area contributed by atoms with Crippen molar-refractivity contribution in [3.05, 3.63) is 42.7 Å². The van der Waals surface area contributed by atoms with Crippen molar-refractivity contribution in [3.63, 3.8) is 0 Å². The minimum Gasteiger partial charge on any atom is -0.382 e. The fourth-order valence-electron chi connectivity index (χ4n) is 2.10. The van der Waals surface area contributed by atoms with Crippen LogP contribution in [0.4, 0.5) is 0 Å². The van der Waals surface area contributed by atoms with Gasteiger partial charge in [-0.1, -0.05) is 11.6 Å². The van der Waals surface area contributed by atoms with Gasteiger partial charge in [0.05, 0.1) is 4.34 Å². The van der Waals surface area contributed by atoms with Gasteiger partial charge in [-0.25, -0.2) is 0 Å². The lowest BCUT2D eigenvalue weighted by Crippen LogP contribution is -1.93. The summed E-state index contributed by atoms with van der Waals surface area (Å²) in [6.45, 7) is 0. The van der Waals surface area contributed by atoms with E-state index in [-0.39, 0.29) is 0 Å². The fourth-order valence-corrected chi connectivity index (χ4v) is 4.51. The lowest BCUT2D eigenvalue weighted by molar-refractivity contribution is 0.228. The van der Waals surface area contributed by atoms with Gasteiger partial charge in [-0.15, -0.1) is 22.7 Å². The van der Waals surface area contributed by atoms with Crippen molar-refractivity contribution in [1.29, 1.82) is 0 Å². The minimum atomic E-state index is -0.493. The van der Waals surface area contributed by atoms with Crippen molar-refractivity contribution < 1.29 is 5.11 Å². The Labute approximate surface area is 107 Å². The van der Waals surface area contributed by atoms with E-state index in [0.717, 1.165) is 14.1 Å². The Bertz CT molecular complexity index is 493. The maximum atomic E-state index is 10.2. The van der Waals surface area contributed by atoms with Crippen molar-refractivity contribution in [2.24, 2.45) is 0 Å². The number of hydrogen-bond donors (Lipinski definition) is 1. The van der Waals surface area contributed by atoms with Crippen LogP contribution in [0.2, 0.25) is 4.34 Å². The van der Waals surface area contributed by atoms with Crippen molar-refractivity contribution in [2.45, 2.75) is 25.4 Å². The van der Waals surface area contributed by atoms with E-state index in [1.807, 2.05) is 12.1 Å². The van der Waals surface area contributed by atoms with E-state index in [0.29, 0.717) is 0 Å². The third kappa shape index (κ3) is 1.82. The molecule has 1 unspecified atom stereocenters. The summed E-state index contributed by atoms with van der Waals surface area (Å²) >= 11 is 9.08. The third-order valence-electron chi connectivity index (χ3n) is 2.90. The highest BCUT2D eigenvalue weighted by Gasteiger charge is 2.20. The van der Waals surface area contributed by atoms with Crippen LogP contribution in [0.5, 0.6) is 0 Å². The highest BCUT2D eigenvalue weighted by atomic mass is 35.5. The lowest BCUT2D eigenvalue weighted by atomic mass is 10.2. The van der Waals surface area contributed by atoms with Gasteiger partial charge < -0.3 is 5.11 Å². The summed E-state index contributed by atoms with van der Waals surface area (Å²) < 4.78 is 0.734. The van der Waals surface area contributed by atoms with Crippen LogP contribution in [-0.2, 0) is 12.8 Å². The maximum Gasteiger partial charge on any atom is 0.122 e. The summed E-state index contributed by atoms with van der Waals surface area (Å²) in [6, 6.07) is 5.90. The molecule has 0 spiro atoms. The molecule has 1 aliphatic rings. The van der Waals surface area contributed by atoms with Gasteiger partial charge in [0.15, 0.2) is 0 Å². The van der Waals surface area contributed by atoms with Crippen LogP contribution in [0, 0.1) is 0 Å². The topological polar surface area (TPSA) is 20.2 Å². The number of fused-ring (bicyclic) bond motifs is 1. The Hall–Kier alpha value is -0.350. The molecule has 0 fully saturated rings. The third-order valence-corrected chi connectivity index (χ3v) is 5.47. The van der Waals surface area contributed by atoms with E-state index in [9.17, 15) is 5.11 Å². The van der Waals surface area contributed by atoms with Gasteiger partial charge in [0.1, 0.15) is 6.10 Å². The van der Waals surface area contributed by atoms with Crippen LogP contribution in [-0.4, -0.2) is 5.11 Å². The molecule has 0 aliphatic heterocycles. The molecule has 1 nitrogen and oxygen atoms in total. The van der Waals surface area contributed by atoms with Gasteiger partial charge in [0, 0.05) is 14.6 Å². The van der Waals surface area contributed by atoms with Crippen LogP contribution in [0.3, 0.4) is 0 Å². The predicted molar refractivity (Wildman–Crippen MR) is 69.7 cm³/mol. The summed E-state index contributed by atoms with van der Waals surface area (Å²) in [5.41, 5.74) is 1.43. The van der Waals surface area contributed by atoms with E-state index < -0.39 is 6.10 Å². The molecule has 0 amide bonds. The normalized spacial score (nSPS) is 16.4. The average Bonchev–Trinajstić information content (AvgIpc) is 2.89. The van der Waals surface area contributed by atoms with E-state index in [1.54, 1.807) is 11.3 Å². The Kier molecular flexibility index (Phi) is 2.80. The number of thiophene rings is 2. The first-order valence-corrected chi connectivity index (χ1v) is 7.30.